The van der Waals surface area contributed by atoms with Gasteiger partial charge in [-0.15, -0.1) is 0 Å². The molecule has 0 radical (unpaired) electrons. The van der Waals surface area contributed by atoms with Gasteiger partial charge in [0.25, 0.3) is 0 Å². The Bertz CT molecular complexity index is 565. The quantitative estimate of drug-likeness (QED) is 0.760. The minimum atomic E-state index is -3.44. The van der Waals surface area contributed by atoms with Crippen molar-refractivity contribution in [2.75, 3.05) is 18.2 Å². The van der Waals surface area contributed by atoms with Gasteiger partial charge in [0.2, 0.25) is 0 Å². The maximum atomic E-state index is 12.1. The van der Waals surface area contributed by atoms with Crippen molar-refractivity contribution in [2.45, 2.75) is 17.9 Å². The highest BCUT2D eigenvalue weighted by molar-refractivity contribution is 7.91. The molecule has 1 N–H and O–H groups in total. The van der Waals surface area contributed by atoms with Crippen molar-refractivity contribution >= 4 is 21.5 Å². The van der Waals surface area contributed by atoms with Crippen LogP contribution in [0.25, 0.3) is 0 Å². The highest BCUT2D eigenvalue weighted by Gasteiger charge is 2.32. The average Bonchev–Trinajstić information content (AvgIpc) is 2.25. The van der Waals surface area contributed by atoms with Crippen LogP contribution >= 0.6 is 0 Å². The van der Waals surface area contributed by atoms with Crippen LogP contribution in [0.2, 0.25) is 0 Å². The first-order chi connectivity index (χ1) is 7.95. The molecule has 1 unspecified atom stereocenters. The fourth-order valence-electron chi connectivity index (χ4n) is 1.98. The summed E-state index contributed by atoms with van der Waals surface area (Å²) < 4.78 is 28.7. The van der Waals surface area contributed by atoms with Gasteiger partial charge in [-0.3, -0.25) is 0 Å². The summed E-state index contributed by atoms with van der Waals surface area (Å²) in [5, 5.41) is 3.05. The summed E-state index contributed by atoms with van der Waals surface area (Å²) >= 11 is 0. The predicted molar refractivity (Wildman–Crippen MR) is 62.9 cm³/mol. The van der Waals surface area contributed by atoms with Crippen molar-refractivity contribution in [3.63, 3.8) is 0 Å². The number of fused-ring (bicyclic) bond motifs is 1. The van der Waals surface area contributed by atoms with Crippen molar-refractivity contribution < 1.29 is 17.9 Å². The van der Waals surface area contributed by atoms with E-state index in [0.29, 0.717) is 5.69 Å². The van der Waals surface area contributed by atoms with Crippen LogP contribution in [0.15, 0.2) is 23.1 Å². The lowest BCUT2D eigenvalue weighted by atomic mass is 10.2. The van der Waals surface area contributed by atoms with Crippen LogP contribution in [0.3, 0.4) is 0 Å². The third kappa shape index (κ3) is 2.00. The molecule has 0 aromatic heterocycles. The topological polar surface area (TPSA) is 72.5 Å². The number of sulfone groups is 1. The second-order valence-corrected chi connectivity index (χ2v) is 5.97. The molecule has 1 heterocycles. The molecule has 0 fully saturated rings. The number of rotatable bonds is 1. The minimum absolute atomic E-state index is 0.0198. The fourth-order valence-corrected chi connectivity index (χ4v) is 3.83. The van der Waals surface area contributed by atoms with Gasteiger partial charge in [-0.05, 0) is 19.1 Å². The number of carbonyl (C=O) groups is 1. The molecule has 92 valence electrons. The molecule has 0 bridgehead atoms. The molecule has 0 saturated heterocycles. The molecule has 1 aliphatic rings. The maximum Gasteiger partial charge on any atom is 0.339 e. The van der Waals surface area contributed by atoms with E-state index in [1.807, 2.05) is 0 Å². The molecule has 5 nitrogen and oxygen atoms in total. The van der Waals surface area contributed by atoms with Crippen LogP contribution in [0.1, 0.15) is 17.3 Å². The third-order valence-electron chi connectivity index (χ3n) is 2.60. The lowest BCUT2D eigenvalue weighted by molar-refractivity contribution is 0.0596. The number of hydrogen-bond donors (Lipinski definition) is 1. The highest BCUT2D eigenvalue weighted by atomic mass is 32.2. The van der Waals surface area contributed by atoms with E-state index in [2.05, 4.69) is 10.1 Å². The first kappa shape index (κ1) is 11.9. The lowest BCUT2D eigenvalue weighted by Gasteiger charge is -2.25. The van der Waals surface area contributed by atoms with Gasteiger partial charge in [-0.25, -0.2) is 13.2 Å². The van der Waals surface area contributed by atoms with Crippen molar-refractivity contribution in [3.8, 4) is 0 Å². The number of methoxy groups -OCH3 is 1. The Morgan fingerprint density at radius 2 is 2.18 bits per heavy atom. The van der Waals surface area contributed by atoms with E-state index < -0.39 is 15.8 Å². The number of nitrogens with one attached hydrogen (secondary N) is 1. The van der Waals surface area contributed by atoms with Crippen LogP contribution in [0.4, 0.5) is 5.69 Å². The van der Waals surface area contributed by atoms with E-state index in [4.69, 9.17) is 0 Å². The van der Waals surface area contributed by atoms with Crippen LogP contribution in [-0.2, 0) is 14.6 Å². The number of ether oxygens (including phenoxy) is 1. The summed E-state index contributed by atoms with van der Waals surface area (Å²) in [6, 6.07) is 4.57. The number of carbonyl (C=O) groups excluding carboxylic acids is 1. The Hall–Kier alpha value is -1.56. The molecule has 6 heteroatoms. The number of anilines is 1. The Labute approximate surface area is 99.7 Å². The fraction of sp³-hybridized carbons (Fsp3) is 0.364. The normalized spacial score (nSPS) is 21.2. The van der Waals surface area contributed by atoms with E-state index in [9.17, 15) is 13.2 Å². The lowest BCUT2D eigenvalue weighted by Crippen LogP contribution is -2.33. The predicted octanol–water partition coefficient (Wildman–Crippen LogP) is 1.06. The summed E-state index contributed by atoms with van der Waals surface area (Å²) in [5.41, 5.74) is 0.552. The third-order valence-corrected chi connectivity index (χ3v) is 4.60. The molecule has 1 aromatic carbocycles. The van der Waals surface area contributed by atoms with E-state index >= 15 is 0 Å². The summed E-state index contributed by atoms with van der Waals surface area (Å²) in [6.45, 7) is 1.78. The molecular weight excluding hydrogens is 242 g/mol. The van der Waals surface area contributed by atoms with Crippen molar-refractivity contribution in [1.82, 2.24) is 0 Å². The highest BCUT2D eigenvalue weighted by Crippen LogP contribution is 2.31. The summed E-state index contributed by atoms with van der Waals surface area (Å²) in [5.74, 6) is -0.657. The monoisotopic (exact) mass is 255 g/mol. The molecule has 1 atom stereocenters. The summed E-state index contributed by atoms with van der Waals surface area (Å²) in [6.07, 6.45) is 0. The molecule has 0 saturated carbocycles. The Morgan fingerprint density at radius 1 is 1.47 bits per heavy atom. The number of hydrogen-bond acceptors (Lipinski definition) is 5. The van der Waals surface area contributed by atoms with E-state index in [1.54, 1.807) is 19.1 Å². The van der Waals surface area contributed by atoms with Gasteiger partial charge in [0.1, 0.15) is 4.90 Å². The van der Waals surface area contributed by atoms with Crippen LogP contribution in [0.5, 0.6) is 0 Å². The minimum Gasteiger partial charge on any atom is -0.465 e. The first-order valence-electron chi connectivity index (χ1n) is 5.16. The zero-order valence-electron chi connectivity index (χ0n) is 9.56. The maximum absolute atomic E-state index is 12.1. The van der Waals surface area contributed by atoms with Gasteiger partial charge in [-0.2, -0.15) is 0 Å². The molecule has 1 aromatic rings. The molecule has 0 aliphatic carbocycles. The Morgan fingerprint density at radius 3 is 2.82 bits per heavy atom. The van der Waals surface area contributed by atoms with Crippen molar-refractivity contribution in [1.29, 1.82) is 0 Å². The van der Waals surface area contributed by atoms with Gasteiger partial charge in [0.05, 0.1) is 24.1 Å². The van der Waals surface area contributed by atoms with Gasteiger partial charge in [-0.1, -0.05) is 6.07 Å². The van der Waals surface area contributed by atoms with Crippen LogP contribution in [-0.4, -0.2) is 33.3 Å². The van der Waals surface area contributed by atoms with Gasteiger partial charge < -0.3 is 10.1 Å². The number of benzene rings is 1. The van der Waals surface area contributed by atoms with Crippen molar-refractivity contribution in [2.24, 2.45) is 0 Å². The molecule has 17 heavy (non-hydrogen) atoms. The zero-order valence-corrected chi connectivity index (χ0v) is 10.4. The first-order valence-corrected chi connectivity index (χ1v) is 6.81. The zero-order chi connectivity index (χ0) is 12.6. The molecular formula is C11H13NO4S. The Kier molecular flexibility index (Phi) is 2.82. The van der Waals surface area contributed by atoms with E-state index in [-0.39, 0.29) is 22.3 Å². The molecule has 2 rings (SSSR count). The van der Waals surface area contributed by atoms with Crippen LogP contribution in [0, 0.1) is 0 Å². The van der Waals surface area contributed by atoms with E-state index in [0.717, 1.165) is 0 Å². The molecule has 0 amide bonds. The second kappa shape index (κ2) is 4.03. The largest absolute Gasteiger partial charge is 0.465 e. The summed E-state index contributed by atoms with van der Waals surface area (Å²) in [4.78, 5) is 11.6. The van der Waals surface area contributed by atoms with Crippen molar-refractivity contribution in [3.05, 3.63) is 23.8 Å². The van der Waals surface area contributed by atoms with Crippen LogP contribution < -0.4 is 5.32 Å². The van der Waals surface area contributed by atoms with Gasteiger partial charge in [0.15, 0.2) is 9.84 Å². The van der Waals surface area contributed by atoms with E-state index in [1.165, 1.54) is 13.2 Å². The molecule has 1 aliphatic heterocycles. The standard InChI is InChI=1S/C11H13NO4S/c1-7-6-17(14,15)10-8(11(13)16-2)4-3-5-9(10)12-7/h3-5,7,12H,6H2,1-2H3. The van der Waals surface area contributed by atoms with Gasteiger partial charge in [0, 0.05) is 6.04 Å². The molecule has 0 spiro atoms. The number of esters is 1. The average molecular weight is 255 g/mol. The Balaban J connectivity index is 2.69. The van der Waals surface area contributed by atoms with Gasteiger partial charge >= 0.3 is 5.97 Å². The second-order valence-electron chi connectivity index (χ2n) is 4.00. The smallest absolute Gasteiger partial charge is 0.339 e. The summed E-state index contributed by atoms with van der Waals surface area (Å²) in [7, 11) is -2.21. The SMILES string of the molecule is COC(=O)c1cccc2c1S(=O)(=O)CC(C)N2.